The fraction of sp³-hybridized carbons (Fsp3) is 0.833. The molecule has 5 nitrogen and oxygen atoms in total. The second kappa shape index (κ2) is 15.5. The third-order valence-corrected chi connectivity index (χ3v) is 4.00. The summed E-state index contributed by atoms with van der Waals surface area (Å²) in [7, 11) is 0. The molecule has 0 unspecified atom stereocenters. The highest BCUT2D eigenvalue weighted by Gasteiger charge is 2.09. The third-order valence-electron chi connectivity index (χ3n) is 4.00. The molecule has 0 aromatic rings. The molecule has 0 fully saturated rings. The van der Waals surface area contributed by atoms with E-state index in [0.29, 0.717) is 25.0 Å². The van der Waals surface area contributed by atoms with Crippen molar-refractivity contribution in [3.8, 4) is 0 Å². The molecule has 23 heavy (non-hydrogen) atoms. The van der Waals surface area contributed by atoms with Crippen molar-refractivity contribution in [2.75, 3.05) is 0 Å². The minimum atomic E-state index is -0.801. The molecule has 0 radical (unpaired) electrons. The fourth-order valence-corrected chi connectivity index (χ4v) is 2.57. The fourth-order valence-electron chi connectivity index (χ4n) is 2.57. The summed E-state index contributed by atoms with van der Waals surface area (Å²) < 4.78 is 0. The SMILES string of the molecule is CCCCCCCCCC/C=C(\CCCCCC(=O)O)[N+](=O)[O-]. The van der Waals surface area contributed by atoms with Crippen LogP contribution in [0.2, 0.25) is 0 Å². The van der Waals surface area contributed by atoms with E-state index in [1.165, 1.54) is 38.5 Å². The van der Waals surface area contributed by atoms with Crippen LogP contribution in [0.15, 0.2) is 11.8 Å². The van der Waals surface area contributed by atoms with Gasteiger partial charge in [0.15, 0.2) is 0 Å². The van der Waals surface area contributed by atoms with Gasteiger partial charge in [-0.1, -0.05) is 58.3 Å². The zero-order valence-corrected chi connectivity index (χ0v) is 14.6. The first-order chi connectivity index (χ1) is 11.1. The molecule has 0 aliphatic rings. The maximum atomic E-state index is 11.0. The van der Waals surface area contributed by atoms with Crippen LogP contribution in [0.25, 0.3) is 0 Å². The Hall–Kier alpha value is -1.39. The molecule has 0 spiro atoms. The average Bonchev–Trinajstić information content (AvgIpc) is 2.50. The van der Waals surface area contributed by atoms with Gasteiger partial charge in [0, 0.05) is 12.8 Å². The molecular weight excluding hydrogens is 294 g/mol. The molecule has 0 aliphatic carbocycles. The summed E-state index contributed by atoms with van der Waals surface area (Å²) in [6.07, 6.45) is 15.0. The van der Waals surface area contributed by atoms with Crippen molar-refractivity contribution in [2.24, 2.45) is 0 Å². The van der Waals surface area contributed by atoms with E-state index in [4.69, 9.17) is 5.11 Å². The summed E-state index contributed by atoms with van der Waals surface area (Å²) >= 11 is 0. The van der Waals surface area contributed by atoms with Crippen molar-refractivity contribution in [1.29, 1.82) is 0 Å². The Morgan fingerprint density at radius 3 is 2.00 bits per heavy atom. The lowest BCUT2D eigenvalue weighted by Crippen LogP contribution is -1.99. The van der Waals surface area contributed by atoms with E-state index in [9.17, 15) is 14.9 Å². The van der Waals surface area contributed by atoms with E-state index in [1.54, 1.807) is 6.08 Å². The number of carboxylic acid groups (broad SMARTS) is 1. The minimum absolute atomic E-state index is 0.149. The highest BCUT2D eigenvalue weighted by atomic mass is 16.6. The molecule has 0 aromatic carbocycles. The van der Waals surface area contributed by atoms with Crippen LogP contribution >= 0.6 is 0 Å². The molecule has 1 N–H and O–H groups in total. The van der Waals surface area contributed by atoms with Gasteiger partial charge in [-0.3, -0.25) is 14.9 Å². The summed E-state index contributed by atoms with van der Waals surface area (Å²) in [6.45, 7) is 2.21. The third kappa shape index (κ3) is 15.3. The zero-order chi connectivity index (χ0) is 17.3. The Labute approximate surface area is 140 Å². The number of nitrogens with zero attached hydrogens (tertiary/aromatic N) is 1. The molecular formula is C18H33NO4. The van der Waals surface area contributed by atoms with E-state index in [2.05, 4.69) is 6.92 Å². The second-order valence-corrected chi connectivity index (χ2v) is 6.17. The Morgan fingerprint density at radius 2 is 1.43 bits per heavy atom. The summed E-state index contributed by atoms with van der Waals surface area (Å²) in [5, 5.41) is 19.5. The number of carbonyl (C=O) groups is 1. The van der Waals surface area contributed by atoms with Crippen LogP contribution < -0.4 is 0 Å². The Morgan fingerprint density at radius 1 is 0.913 bits per heavy atom. The van der Waals surface area contributed by atoms with E-state index in [1.807, 2.05) is 0 Å². The Balaban J connectivity index is 3.69. The van der Waals surface area contributed by atoms with Gasteiger partial charge in [0.05, 0.1) is 4.92 Å². The van der Waals surface area contributed by atoms with Crippen LogP contribution in [0, 0.1) is 10.1 Å². The number of carboxylic acids is 1. The van der Waals surface area contributed by atoms with Gasteiger partial charge < -0.3 is 5.11 Å². The van der Waals surface area contributed by atoms with Crippen molar-refractivity contribution in [3.05, 3.63) is 21.9 Å². The van der Waals surface area contributed by atoms with Crippen molar-refractivity contribution < 1.29 is 14.8 Å². The molecule has 0 bridgehead atoms. The van der Waals surface area contributed by atoms with Gasteiger partial charge in [-0.15, -0.1) is 0 Å². The molecule has 5 heteroatoms. The monoisotopic (exact) mass is 327 g/mol. The lowest BCUT2D eigenvalue weighted by Gasteiger charge is -2.01. The quantitative estimate of drug-likeness (QED) is 0.223. The molecule has 0 aromatic heterocycles. The van der Waals surface area contributed by atoms with Gasteiger partial charge in [0.25, 0.3) is 0 Å². The van der Waals surface area contributed by atoms with Gasteiger partial charge in [-0.25, -0.2) is 0 Å². The summed E-state index contributed by atoms with van der Waals surface area (Å²) in [6, 6.07) is 0. The van der Waals surface area contributed by atoms with Crippen molar-refractivity contribution in [1.82, 2.24) is 0 Å². The van der Waals surface area contributed by atoms with E-state index in [-0.39, 0.29) is 11.3 Å². The minimum Gasteiger partial charge on any atom is -0.481 e. The number of rotatable bonds is 16. The van der Waals surface area contributed by atoms with Crippen LogP contribution in [0.4, 0.5) is 0 Å². The predicted molar refractivity (Wildman–Crippen MR) is 93.0 cm³/mol. The van der Waals surface area contributed by atoms with Gasteiger partial charge in [0.2, 0.25) is 5.70 Å². The summed E-state index contributed by atoms with van der Waals surface area (Å²) in [4.78, 5) is 21.1. The Kier molecular flexibility index (Phi) is 14.6. The van der Waals surface area contributed by atoms with Crippen LogP contribution in [-0.4, -0.2) is 16.0 Å². The molecule has 134 valence electrons. The number of allylic oxidation sites excluding steroid dienone is 2. The predicted octanol–water partition coefficient (Wildman–Crippen LogP) is 5.71. The van der Waals surface area contributed by atoms with Crippen molar-refractivity contribution in [3.63, 3.8) is 0 Å². The number of aliphatic carboxylic acids is 1. The zero-order valence-electron chi connectivity index (χ0n) is 14.6. The van der Waals surface area contributed by atoms with Gasteiger partial charge >= 0.3 is 5.97 Å². The smallest absolute Gasteiger partial charge is 0.303 e. The van der Waals surface area contributed by atoms with E-state index < -0.39 is 5.97 Å². The number of hydrogen-bond acceptors (Lipinski definition) is 3. The lowest BCUT2D eigenvalue weighted by molar-refractivity contribution is -0.428. The van der Waals surface area contributed by atoms with Gasteiger partial charge in [-0.05, 0) is 31.8 Å². The Bertz CT molecular complexity index is 353. The molecule has 0 rings (SSSR count). The number of hydrogen-bond donors (Lipinski definition) is 1. The summed E-state index contributed by atoms with van der Waals surface area (Å²) in [5.74, 6) is -0.801. The lowest BCUT2D eigenvalue weighted by atomic mass is 10.1. The standard InChI is InChI=1S/C18H33NO4/c1-2-3-4-5-6-7-8-9-11-14-17(19(22)23)15-12-10-13-16-18(20)21/h14H,2-13,15-16H2,1H3,(H,20,21)/b17-14+. The van der Waals surface area contributed by atoms with Gasteiger partial charge in [0.1, 0.15) is 0 Å². The van der Waals surface area contributed by atoms with Crippen LogP contribution in [0.3, 0.4) is 0 Å². The maximum absolute atomic E-state index is 11.0. The maximum Gasteiger partial charge on any atom is 0.303 e. The molecule has 0 aliphatic heterocycles. The van der Waals surface area contributed by atoms with E-state index >= 15 is 0 Å². The average molecular weight is 327 g/mol. The first kappa shape index (κ1) is 21.6. The first-order valence-electron chi connectivity index (χ1n) is 9.13. The first-order valence-corrected chi connectivity index (χ1v) is 9.13. The second-order valence-electron chi connectivity index (χ2n) is 6.17. The largest absolute Gasteiger partial charge is 0.481 e. The number of nitro groups is 1. The van der Waals surface area contributed by atoms with Gasteiger partial charge in [-0.2, -0.15) is 0 Å². The molecule has 0 amide bonds. The molecule has 0 heterocycles. The highest BCUT2D eigenvalue weighted by molar-refractivity contribution is 5.66. The molecule has 0 saturated heterocycles. The molecule has 0 saturated carbocycles. The topological polar surface area (TPSA) is 80.4 Å². The normalized spacial score (nSPS) is 11.6. The van der Waals surface area contributed by atoms with Crippen LogP contribution in [0.5, 0.6) is 0 Å². The van der Waals surface area contributed by atoms with Crippen molar-refractivity contribution >= 4 is 5.97 Å². The summed E-state index contributed by atoms with van der Waals surface area (Å²) in [5.41, 5.74) is 0.295. The van der Waals surface area contributed by atoms with Crippen molar-refractivity contribution in [2.45, 2.75) is 96.8 Å². The van der Waals surface area contributed by atoms with Crippen LogP contribution in [-0.2, 0) is 4.79 Å². The number of unbranched alkanes of at least 4 members (excludes halogenated alkanes) is 10. The van der Waals surface area contributed by atoms with Crippen LogP contribution in [0.1, 0.15) is 96.8 Å². The highest BCUT2D eigenvalue weighted by Crippen LogP contribution is 2.14. The van der Waals surface area contributed by atoms with E-state index in [0.717, 1.165) is 25.7 Å². The molecule has 0 atom stereocenters.